The van der Waals surface area contributed by atoms with Gasteiger partial charge in [0.05, 0.1) is 11.5 Å². The molecule has 2 atom stereocenters. The van der Waals surface area contributed by atoms with Crippen LogP contribution in [-0.2, 0) is 9.84 Å². The van der Waals surface area contributed by atoms with E-state index in [-0.39, 0.29) is 5.92 Å². The molecule has 18 heavy (non-hydrogen) atoms. The van der Waals surface area contributed by atoms with Gasteiger partial charge in [0, 0.05) is 10.9 Å². The highest BCUT2D eigenvalue weighted by Crippen LogP contribution is 2.27. The van der Waals surface area contributed by atoms with Crippen LogP contribution in [0.5, 0.6) is 0 Å². The van der Waals surface area contributed by atoms with Gasteiger partial charge in [0.2, 0.25) is 0 Å². The number of rotatable bonds is 5. The second-order valence-electron chi connectivity index (χ2n) is 5.41. The van der Waals surface area contributed by atoms with Crippen LogP contribution in [0.15, 0.2) is 17.5 Å². The van der Waals surface area contributed by atoms with E-state index >= 15 is 0 Å². The Hall–Kier alpha value is -0.390. The van der Waals surface area contributed by atoms with Crippen LogP contribution in [0.1, 0.15) is 31.2 Å². The average Bonchev–Trinajstić information content (AvgIpc) is 2.88. The molecule has 0 saturated carbocycles. The molecule has 0 aromatic carbocycles. The fourth-order valence-electron chi connectivity index (χ4n) is 2.46. The fourth-order valence-corrected chi connectivity index (χ4v) is 5.30. The lowest BCUT2D eigenvalue weighted by Crippen LogP contribution is -2.30. The van der Waals surface area contributed by atoms with Crippen LogP contribution in [0.2, 0.25) is 0 Å². The number of sulfone groups is 1. The zero-order chi connectivity index (χ0) is 13.2. The molecule has 0 aliphatic carbocycles. The smallest absolute Gasteiger partial charge is 0.150 e. The molecule has 2 unspecified atom stereocenters. The number of hydrogen-bond donors (Lipinski definition) is 1. The first-order valence-electron chi connectivity index (χ1n) is 6.45. The highest BCUT2D eigenvalue weighted by atomic mass is 32.2. The Kier molecular flexibility index (Phi) is 4.45. The summed E-state index contributed by atoms with van der Waals surface area (Å²) in [5, 5.41) is 5.64. The Labute approximate surface area is 114 Å². The second-order valence-corrected chi connectivity index (χ2v) is 8.62. The van der Waals surface area contributed by atoms with Crippen molar-refractivity contribution in [3.05, 3.63) is 22.4 Å². The summed E-state index contributed by atoms with van der Waals surface area (Å²) >= 11 is 1.76. The SMILES string of the molecule is CC(C)C(NCC1CCS(=O)(=O)C1)c1cccs1. The second kappa shape index (κ2) is 5.72. The van der Waals surface area contributed by atoms with Crippen LogP contribution in [0.4, 0.5) is 0 Å². The van der Waals surface area contributed by atoms with E-state index in [9.17, 15) is 8.42 Å². The highest BCUT2D eigenvalue weighted by Gasteiger charge is 2.28. The van der Waals surface area contributed by atoms with Gasteiger partial charge in [-0.15, -0.1) is 11.3 Å². The molecule has 1 fully saturated rings. The molecule has 0 bridgehead atoms. The average molecular weight is 287 g/mol. The molecule has 5 heteroatoms. The third kappa shape index (κ3) is 3.56. The van der Waals surface area contributed by atoms with Crippen LogP contribution in [0, 0.1) is 11.8 Å². The van der Waals surface area contributed by atoms with Crippen molar-refractivity contribution in [3.63, 3.8) is 0 Å². The largest absolute Gasteiger partial charge is 0.309 e. The van der Waals surface area contributed by atoms with Gasteiger partial charge in [-0.3, -0.25) is 0 Å². The van der Waals surface area contributed by atoms with Crippen molar-refractivity contribution >= 4 is 21.2 Å². The van der Waals surface area contributed by atoms with Gasteiger partial charge in [-0.2, -0.15) is 0 Å². The van der Waals surface area contributed by atoms with E-state index in [0.29, 0.717) is 23.5 Å². The molecule has 0 radical (unpaired) electrons. The Morgan fingerprint density at radius 3 is 2.78 bits per heavy atom. The molecular weight excluding hydrogens is 266 g/mol. The summed E-state index contributed by atoms with van der Waals surface area (Å²) in [5.74, 6) is 1.53. The summed E-state index contributed by atoms with van der Waals surface area (Å²) < 4.78 is 22.8. The molecule has 0 amide bonds. The van der Waals surface area contributed by atoms with E-state index in [2.05, 4.69) is 36.7 Å². The summed E-state index contributed by atoms with van der Waals surface area (Å²) in [5.41, 5.74) is 0. The third-order valence-electron chi connectivity index (χ3n) is 3.47. The maximum Gasteiger partial charge on any atom is 0.150 e. The lowest BCUT2D eigenvalue weighted by molar-refractivity contribution is 0.385. The molecule has 2 heterocycles. The molecule has 2 rings (SSSR count). The lowest BCUT2D eigenvalue weighted by atomic mass is 10.0. The molecule has 102 valence electrons. The van der Waals surface area contributed by atoms with Crippen LogP contribution in [-0.4, -0.2) is 26.5 Å². The van der Waals surface area contributed by atoms with Crippen molar-refractivity contribution in [3.8, 4) is 0 Å². The molecule has 3 nitrogen and oxygen atoms in total. The summed E-state index contributed by atoms with van der Waals surface area (Å²) in [6.07, 6.45) is 0.810. The molecule has 1 saturated heterocycles. The van der Waals surface area contributed by atoms with Crippen molar-refractivity contribution in [2.45, 2.75) is 26.3 Å². The van der Waals surface area contributed by atoms with Gasteiger partial charge in [0.25, 0.3) is 0 Å². The summed E-state index contributed by atoms with van der Waals surface area (Å²) in [6, 6.07) is 4.55. The minimum absolute atomic E-state index is 0.288. The molecule has 1 aromatic heterocycles. The number of hydrogen-bond acceptors (Lipinski definition) is 4. The minimum atomic E-state index is -2.75. The first-order chi connectivity index (χ1) is 8.48. The number of thiophene rings is 1. The summed E-state index contributed by atoms with van der Waals surface area (Å²) in [7, 11) is -2.75. The van der Waals surface area contributed by atoms with Crippen molar-refractivity contribution in [2.75, 3.05) is 18.1 Å². The Balaban J connectivity index is 1.91. The molecule has 1 aliphatic rings. The Morgan fingerprint density at radius 2 is 2.28 bits per heavy atom. The molecule has 1 N–H and O–H groups in total. The number of nitrogens with one attached hydrogen (secondary N) is 1. The van der Waals surface area contributed by atoms with E-state index in [1.54, 1.807) is 11.3 Å². The molecule has 1 aliphatic heterocycles. The van der Waals surface area contributed by atoms with E-state index in [1.165, 1.54) is 4.88 Å². The maximum absolute atomic E-state index is 11.4. The van der Waals surface area contributed by atoms with Gasteiger partial charge in [0.15, 0.2) is 9.84 Å². The normalized spacial score (nSPS) is 24.5. The first-order valence-corrected chi connectivity index (χ1v) is 9.15. The zero-order valence-corrected chi connectivity index (χ0v) is 12.6. The first kappa shape index (κ1) is 14.0. The van der Waals surface area contributed by atoms with E-state index in [4.69, 9.17) is 0 Å². The van der Waals surface area contributed by atoms with Crippen molar-refractivity contribution < 1.29 is 8.42 Å². The van der Waals surface area contributed by atoms with Crippen molar-refractivity contribution in [2.24, 2.45) is 11.8 Å². The zero-order valence-electron chi connectivity index (χ0n) is 10.9. The third-order valence-corrected chi connectivity index (χ3v) is 6.26. The van der Waals surface area contributed by atoms with Gasteiger partial charge < -0.3 is 5.32 Å². The standard InChI is InChI=1S/C13H21NO2S2/c1-10(2)13(12-4-3-6-17-12)14-8-11-5-7-18(15,16)9-11/h3-4,6,10-11,13-14H,5,7-9H2,1-2H3. The van der Waals surface area contributed by atoms with E-state index in [0.717, 1.165) is 13.0 Å². The summed E-state index contributed by atoms with van der Waals surface area (Å²) in [4.78, 5) is 1.34. The van der Waals surface area contributed by atoms with Crippen LogP contribution >= 0.6 is 11.3 Å². The predicted molar refractivity (Wildman–Crippen MR) is 76.7 cm³/mol. The van der Waals surface area contributed by atoms with Gasteiger partial charge in [-0.05, 0) is 36.2 Å². The summed E-state index contributed by atoms with van der Waals surface area (Å²) in [6.45, 7) is 5.20. The van der Waals surface area contributed by atoms with Gasteiger partial charge in [0.1, 0.15) is 0 Å². The van der Waals surface area contributed by atoms with Crippen molar-refractivity contribution in [1.82, 2.24) is 5.32 Å². The quantitative estimate of drug-likeness (QED) is 0.905. The van der Waals surface area contributed by atoms with Crippen LogP contribution < -0.4 is 5.32 Å². The fraction of sp³-hybridized carbons (Fsp3) is 0.692. The van der Waals surface area contributed by atoms with Gasteiger partial charge >= 0.3 is 0 Å². The van der Waals surface area contributed by atoms with E-state index in [1.807, 2.05) is 0 Å². The Morgan fingerprint density at radius 1 is 1.50 bits per heavy atom. The molecule has 1 aromatic rings. The van der Waals surface area contributed by atoms with Crippen molar-refractivity contribution in [1.29, 1.82) is 0 Å². The molecular formula is C13H21NO2S2. The minimum Gasteiger partial charge on any atom is -0.309 e. The Bertz CT molecular complexity index is 465. The monoisotopic (exact) mass is 287 g/mol. The predicted octanol–water partition coefficient (Wildman–Crippen LogP) is 2.47. The van der Waals surface area contributed by atoms with Gasteiger partial charge in [-0.1, -0.05) is 19.9 Å². The van der Waals surface area contributed by atoms with Crippen LogP contribution in [0.3, 0.4) is 0 Å². The van der Waals surface area contributed by atoms with E-state index < -0.39 is 9.84 Å². The lowest BCUT2D eigenvalue weighted by Gasteiger charge is -2.23. The van der Waals surface area contributed by atoms with Crippen LogP contribution in [0.25, 0.3) is 0 Å². The maximum atomic E-state index is 11.4. The topological polar surface area (TPSA) is 46.2 Å². The van der Waals surface area contributed by atoms with Gasteiger partial charge in [-0.25, -0.2) is 8.42 Å². The highest BCUT2D eigenvalue weighted by molar-refractivity contribution is 7.91. The molecule has 0 spiro atoms.